The largest absolute Gasteiger partial charge is 0.452 e. The zero-order valence-electron chi connectivity index (χ0n) is 17.5. The van der Waals surface area contributed by atoms with Crippen molar-refractivity contribution in [3.05, 3.63) is 77.3 Å². The molecule has 8 heteroatoms. The molecule has 7 nitrogen and oxygen atoms in total. The first-order valence-electron chi connectivity index (χ1n) is 9.78. The second-order valence-electron chi connectivity index (χ2n) is 6.85. The number of carbonyl (C=O) groups excluding carboxylic acids is 2. The number of nitrogens with zero attached hydrogens (tertiary/aromatic N) is 3. The molecule has 0 fully saturated rings. The second-order valence-corrected chi connectivity index (χ2v) is 7.28. The van der Waals surface area contributed by atoms with Gasteiger partial charge >= 0.3 is 12.0 Å². The molecule has 0 saturated carbocycles. The summed E-state index contributed by atoms with van der Waals surface area (Å²) in [7, 11) is 1.64. The molecule has 0 aliphatic heterocycles. The molecule has 1 heterocycles. The number of rotatable bonds is 6. The molecule has 31 heavy (non-hydrogen) atoms. The lowest BCUT2D eigenvalue weighted by Gasteiger charge is -2.20. The van der Waals surface area contributed by atoms with E-state index in [0.717, 1.165) is 11.1 Å². The van der Waals surface area contributed by atoms with Gasteiger partial charge in [0.05, 0.1) is 17.5 Å². The van der Waals surface area contributed by atoms with E-state index in [4.69, 9.17) is 16.3 Å². The number of hydrogen-bond donors (Lipinski definition) is 1. The number of anilines is 1. The Hall–Kier alpha value is -3.45. The Kier molecular flexibility index (Phi) is 7.20. The van der Waals surface area contributed by atoms with Crippen molar-refractivity contribution < 1.29 is 14.3 Å². The SMILES string of the molecule is CCNC(=O)N(C)c1cc(C(=O)OC(C)c2cnccn2)cc(-c2ccc(Cl)cc2)c1. The van der Waals surface area contributed by atoms with Gasteiger partial charge in [-0.3, -0.25) is 14.9 Å². The average Bonchev–Trinajstić information content (AvgIpc) is 2.79. The highest BCUT2D eigenvalue weighted by molar-refractivity contribution is 6.30. The van der Waals surface area contributed by atoms with Gasteiger partial charge in [0.2, 0.25) is 0 Å². The summed E-state index contributed by atoms with van der Waals surface area (Å²) in [4.78, 5) is 34.9. The van der Waals surface area contributed by atoms with Crippen molar-refractivity contribution in [2.45, 2.75) is 20.0 Å². The third-order valence-electron chi connectivity index (χ3n) is 4.63. The maximum Gasteiger partial charge on any atom is 0.338 e. The van der Waals surface area contributed by atoms with Crippen LogP contribution < -0.4 is 10.2 Å². The van der Waals surface area contributed by atoms with Gasteiger partial charge < -0.3 is 10.1 Å². The summed E-state index contributed by atoms with van der Waals surface area (Å²) >= 11 is 6.01. The van der Waals surface area contributed by atoms with Gasteiger partial charge in [0, 0.05) is 36.7 Å². The van der Waals surface area contributed by atoms with E-state index in [1.807, 2.05) is 25.1 Å². The number of urea groups is 1. The Balaban J connectivity index is 1.96. The molecule has 0 radical (unpaired) electrons. The molecule has 1 atom stereocenters. The van der Waals surface area contributed by atoms with Gasteiger partial charge in [0.25, 0.3) is 0 Å². The Labute approximate surface area is 186 Å². The molecule has 0 aliphatic carbocycles. The van der Waals surface area contributed by atoms with Crippen molar-refractivity contribution in [3.8, 4) is 11.1 Å². The number of nitrogens with one attached hydrogen (secondary N) is 1. The van der Waals surface area contributed by atoms with E-state index in [0.29, 0.717) is 28.5 Å². The van der Waals surface area contributed by atoms with E-state index in [1.165, 1.54) is 4.90 Å². The third kappa shape index (κ3) is 5.58. The van der Waals surface area contributed by atoms with Crippen LogP contribution in [0.4, 0.5) is 10.5 Å². The first kappa shape index (κ1) is 22.2. The number of aromatic nitrogens is 2. The smallest absolute Gasteiger partial charge is 0.338 e. The van der Waals surface area contributed by atoms with Crippen LogP contribution in [-0.2, 0) is 4.74 Å². The number of hydrogen-bond acceptors (Lipinski definition) is 5. The minimum atomic E-state index is -0.579. The predicted octanol–water partition coefficient (Wildman–Crippen LogP) is 4.88. The molecule has 0 aliphatic rings. The van der Waals surface area contributed by atoms with Crippen LogP contribution in [0.3, 0.4) is 0 Å². The minimum absolute atomic E-state index is 0.275. The van der Waals surface area contributed by atoms with Gasteiger partial charge in [0.15, 0.2) is 0 Å². The van der Waals surface area contributed by atoms with Crippen LogP contribution >= 0.6 is 11.6 Å². The van der Waals surface area contributed by atoms with Gasteiger partial charge in [-0.25, -0.2) is 9.59 Å². The molecule has 0 saturated heterocycles. The van der Waals surface area contributed by atoms with E-state index in [-0.39, 0.29) is 6.03 Å². The Morgan fingerprint density at radius 3 is 2.52 bits per heavy atom. The maximum atomic E-state index is 12.9. The lowest BCUT2D eigenvalue weighted by Crippen LogP contribution is -2.37. The Morgan fingerprint density at radius 2 is 1.87 bits per heavy atom. The topological polar surface area (TPSA) is 84.4 Å². The number of amides is 2. The van der Waals surface area contributed by atoms with Crippen LogP contribution in [0.25, 0.3) is 11.1 Å². The molecule has 1 N–H and O–H groups in total. The van der Waals surface area contributed by atoms with Crippen LogP contribution in [-0.4, -0.2) is 35.6 Å². The Bertz CT molecular complexity index is 1060. The Morgan fingerprint density at radius 1 is 1.13 bits per heavy atom. The highest BCUT2D eigenvalue weighted by Gasteiger charge is 2.19. The average molecular weight is 439 g/mol. The lowest BCUT2D eigenvalue weighted by atomic mass is 10.0. The summed E-state index contributed by atoms with van der Waals surface area (Å²) in [5.74, 6) is -0.528. The molecule has 3 rings (SSSR count). The zero-order valence-corrected chi connectivity index (χ0v) is 18.3. The summed E-state index contributed by atoms with van der Waals surface area (Å²) in [5, 5.41) is 3.36. The van der Waals surface area contributed by atoms with Crippen LogP contribution in [0.1, 0.15) is 36.0 Å². The van der Waals surface area contributed by atoms with E-state index >= 15 is 0 Å². The summed E-state index contributed by atoms with van der Waals surface area (Å²) in [6, 6.07) is 12.2. The first-order chi connectivity index (χ1) is 14.9. The monoisotopic (exact) mass is 438 g/mol. The fraction of sp³-hybridized carbons (Fsp3) is 0.217. The lowest BCUT2D eigenvalue weighted by molar-refractivity contribution is 0.0328. The molecular weight excluding hydrogens is 416 g/mol. The summed E-state index contributed by atoms with van der Waals surface area (Å²) in [6.07, 6.45) is 4.07. The van der Waals surface area contributed by atoms with Crippen molar-refractivity contribution in [1.29, 1.82) is 0 Å². The van der Waals surface area contributed by atoms with Crippen molar-refractivity contribution in [1.82, 2.24) is 15.3 Å². The van der Waals surface area contributed by atoms with Gasteiger partial charge in [-0.15, -0.1) is 0 Å². The second kappa shape index (κ2) is 10.0. The summed E-state index contributed by atoms with van der Waals surface area (Å²) < 4.78 is 5.59. The normalized spacial score (nSPS) is 11.5. The number of esters is 1. The zero-order chi connectivity index (χ0) is 22.4. The maximum absolute atomic E-state index is 12.9. The van der Waals surface area contributed by atoms with Crippen molar-refractivity contribution in [2.75, 3.05) is 18.5 Å². The summed E-state index contributed by atoms with van der Waals surface area (Å²) in [5.41, 5.74) is 3.02. The molecule has 2 amide bonds. The number of ether oxygens (including phenoxy) is 1. The molecule has 1 unspecified atom stereocenters. The molecular formula is C23H23ClN4O3. The standard InChI is InChI=1S/C23H23ClN4O3/c1-4-26-23(30)28(3)20-12-17(16-5-7-19(24)8-6-16)11-18(13-20)22(29)31-15(2)21-14-25-9-10-27-21/h5-15H,4H2,1-3H3,(H,26,30). The molecule has 2 aromatic carbocycles. The van der Waals surface area contributed by atoms with Gasteiger partial charge in [-0.2, -0.15) is 0 Å². The van der Waals surface area contributed by atoms with Crippen molar-refractivity contribution in [2.24, 2.45) is 0 Å². The highest BCUT2D eigenvalue weighted by Crippen LogP contribution is 2.29. The van der Waals surface area contributed by atoms with Crippen LogP contribution in [0, 0.1) is 0 Å². The number of halogens is 1. The van der Waals surface area contributed by atoms with E-state index in [2.05, 4.69) is 15.3 Å². The van der Waals surface area contributed by atoms with E-state index < -0.39 is 12.1 Å². The van der Waals surface area contributed by atoms with Gasteiger partial charge in [-0.05, 0) is 55.3 Å². The molecule has 0 bridgehead atoms. The fourth-order valence-electron chi connectivity index (χ4n) is 2.93. The molecule has 160 valence electrons. The molecule has 3 aromatic rings. The van der Waals surface area contributed by atoms with Crippen molar-refractivity contribution >= 4 is 29.3 Å². The van der Waals surface area contributed by atoms with Crippen LogP contribution in [0.2, 0.25) is 5.02 Å². The molecule has 0 spiro atoms. The third-order valence-corrected chi connectivity index (χ3v) is 4.89. The van der Waals surface area contributed by atoms with E-state index in [1.54, 1.807) is 56.8 Å². The van der Waals surface area contributed by atoms with Crippen LogP contribution in [0.15, 0.2) is 61.1 Å². The van der Waals surface area contributed by atoms with Gasteiger partial charge in [-0.1, -0.05) is 23.7 Å². The number of carbonyl (C=O) groups is 2. The quantitative estimate of drug-likeness (QED) is 0.554. The van der Waals surface area contributed by atoms with E-state index in [9.17, 15) is 9.59 Å². The number of benzene rings is 2. The fourth-order valence-corrected chi connectivity index (χ4v) is 3.05. The van der Waals surface area contributed by atoms with Crippen LogP contribution in [0.5, 0.6) is 0 Å². The predicted molar refractivity (Wildman–Crippen MR) is 120 cm³/mol. The van der Waals surface area contributed by atoms with Gasteiger partial charge in [0.1, 0.15) is 6.10 Å². The molecule has 1 aromatic heterocycles. The first-order valence-corrected chi connectivity index (χ1v) is 10.2. The van der Waals surface area contributed by atoms with Crippen molar-refractivity contribution in [3.63, 3.8) is 0 Å². The summed E-state index contributed by atoms with van der Waals surface area (Å²) in [6.45, 7) is 4.06. The minimum Gasteiger partial charge on any atom is -0.452 e. The highest BCUT2D eigenvalue weighted by atomic mass is 35.5.